The first kappa shape index (κ1) is 20.5. The minimum atomic E-state index is -0.626. The van der Waals surface area contributed by atoms with E-state index >= 15 is 0 Å². The highest BCUT2D eigenvalue weighted by Gasteiger charge is 2.35. The van der Waals surface area contributed by atoms with Gasteiger partial charge in [-0.05, 0) is 31.3 Å². The van der Waals surface area contributed by atoms with E-state index in [9.17, 15) is 20.2 Å². The summed E-state index contributed by atoms with van der Waals surface area (Å²) >= 11 is 0. The number of non-ortho nitro benzene ring substituents is 1. The topological polar surface area (TPSA) is 129 Å². The van der Waals surface area contributed by atoms with Crippen molar-refractivity contribution in [2.45, 2.75) is 20.4 Å². The number of hydrogen-bond donors (Lipinski definition) is 1. The van der Waals surface area contributed by atoms with Crippen molar-refractivity contribution in [3.63, 3.8) is 0 Å². The molecule has 1 aliphatic rings. The molecule has 0 aliphatic carbocycles. The van der Waals surface area contributed by atoms with Crippen LogP contribution in [0.1, 0.15) is 13.8 Å². The molecule has 0 atom stereocenters. The lowest BCUT2D eigenvalue weighted by molar-refractivity contribution is -0.392. The number of nitro benzene ring substituents is 2. The predicted octanol–water partition coefficient (Wildman–Crippen LogP) is 3.93. The highest BCUT2D eigenvalue weighted by molar-refractivity contribution is 6.14. The molecule has 11 heteroatoms. The molecule has 0 amide bonds. The zero-order valence-corrected chi connectivity index (χ0v) is 17.4. The molecule has 2 aromatic carbocycles. The van der Waals surface area contributed by atoms with E-state index in [1.165, 1.54) is 0 Å². The maximum atomic E-state index is 11.7. The Morgan fingerprint density at radius 1 is 1.13 bits per heavy atom. The molecule has 3 aromatic rings. The van der Waals surface area contributed by atoms with E-state index in [0.717, 1.165) is 24.7 Å². The molecule has 0 bridgehead atoms. The molecule has 0 saturated carbocycles. The van der Waals surface area contributed by atoms with Gasteiger partial charge in [-0.1, -0.05) is 13.8 Å². The largest absolute Gasteiger partial charge is 0.497 e. The second-order valence-electron chi connectivity index (χ2n) is 7.16. The Bertz CT molecular complexity index is 1200. The van der Waals surface area contributed by atoms with Crippen molar-refractivity contribution in [3.8, 4) is 17.0 Å². The van der Waals surface area contributed by atoms with Crippen molar-refractivity contribution in [1.29, 1.82) is 0 Å². The molecule has 1 aliphatic heterocycles. The van der Waals surface area contributed by atoms with E-state index < -0.39 is 9.85 Å². The average molecular weight is 426 g/mol. The van der Waals surface area contributed by atoms with Gasteiger partial charge in [0.25, 0.3) is 5.69 Å². The molecule has 0 saturated heterocycles. The number of nitro groups is 2. The first-order chi connectivity index (χ1) is 14.9. The van der Waals surface area contributed by atoms with E-state index in [-0.39, 0.29) is 22.6 Å². The normalized spacial score (nSPS) is 12.0. The number of rotatable bonds is 8. The highest BCUT2D eigenvalue weighted by Crippen LogP contribution is 2.50. The Morgan fingerprint density at radius 2 is 1.84 bits per heavy atom. The van der Waals surface area contributed by atoms with Crippen molar-refractivity contribution < 1.29 is 14.6 Å². The SMILES string of the molecule is CCN(CC)CCn1nc2c([N+](=O)[O-])cc([N+](=O)[O-])c3c2c1-c1cc(OC)ccc1N3. The van der Waals surface area contributed by atoms with E-state index in [1.54, 1.807) is 30.0 Å². The van der Waals surface area contributed by atoms with E-state index in [1.807, 2.05) is 0 Å². The summed E-state index contributed by atoms with van der Waals surface area (Å²) in [5.41, 5.74) is 1.58. The van der Waals surface area contributed by atoms with Crippen LogP contribution in [0.5, 0.6) is 5.75 Å². The van der Waals surface area contributed by atoms with Crippen LogP contribution < -0.4 is 10.1 Å². The summed E-state index contributed by atoms with van der Waals surface area (Å²) in [6, 6.07) is 6.31. The Labute approximate surface area is 177 Å². The van der Waals surface area contributed by atoms with Gasteiger partial charge >= 0.3 is 5.69 Å². The van der Waals surface area contributed by atoms with Crippen LogP contribution in [0.15, 0.2) is 24.3 Å². The van der Waals surface area contributed by atoms with Gasteiger partial charge in [-0.25, -0.2) is 0 Å². The molecule has 0 unspecified atom stereocenters. The van der Waals surface area contributed by atoms with Gasteiger partial charge in [0, 0.05) is 17.8 Å². The number of methoxy groups -OCH3 is 1. The third-order valence-electron chi connectivity index (χ3n) is 5.63. The van der Waals surface area contributed by atoms with Gasteiger partial charge in [0.1, 0.15) is 11.4 Å². The molecule has 2 heterocycles. The van der Waals surface area contributed by atoms with Crippen molar-refractivity contribution >= 4 is 33.7 Å². The van der Waals surface area contributed by atoms with Gasteiger partial charge in [0.05, 0.1) is 40.6 Å². The average Bonchev–Trinajstić information content (AvgIpc) is 3.14. The Morgan fingerprint density at radius 3 is 2.45 bits per heavy atom. The molecule has 0 fully saturated rings. The Balaban J connectivity index is 2.03. The van der Waals surface area contributed by atoms with Gasteiger partial charge in [-0.2, -0.15) is 5.10 Å². The number of likely N-dealkylation sites (N-methyl/N-ethyl adjacent to an activating group) is 1. The molecule has 31 heavy (non-hydrogen) atoms. The van der Waals surface area contributed by atoms with Crippen molar-refractivity contribution in [2.24, 2.45) is 0 Å². The van der Waals surface area contributed by atoms with Crippen LogP contribution in [0, 0.1) is 20.2 Å². The lowest BCUT2D eigenvalue weighted by Gasteiger charge is -2.22. The number of nitrogens with one attached hydrogen (secondary N) is 1. The molecule has 0 spiro atoms. The lowest BCUT2D eigenvalue weighted by Crippen LogP contribution is -2.27. The molecule has 1 aromatic heterocycles. The summed E-state index contributed by atoms with van der Waals surface area (Å²) in [6.07, 6.45) is 0. The van der Waals surface area contributed by atoms with Gasteiger partial charge in [-0.15, -0.1) is 0 Å². The summed E-state index contributed by atoms with van der Waals surface area (Å²) < 4.78 is 7.07. The fraction of sp³-hybridized carbons (Fsp3) is 0.350. The van der Waals surface area contributed by atoms with E-state index in [4.69, 9.17) is 4.74 Å². The molecule has 162 valence electrons. The Hall–Kier alpha value is -3.73. The van der Waals surface area contributed by atoms with Crippen LogP contribution in [-0.4, -0.2) is 51.3 Å². The molecular formula is C20H22N6O5. The summed E-state index contributed by atoms with van der Waals surface area (Å²) in [5, 5.41) is 31.5. The van der Waals surface area contributed by atoms with Crippen LogP contribution in [0.2, 0.25) is 0 Å². The standard InChI is InChI=1S/C20H22N6O5/c1-4-23(5-2)8-9-24-20-13-10-12(31-3)6-7-14(13)21-18-15(25(27)28)11-16(26(29)30)19(22-24)17(18)20/h6-7,10-11,21H,4-5,8-9H2,1-3H3. The van der Waals surface area contributed by atoms with Crippen molar-refractivity contribution in [2.75, 3.05) is 32.1 Å². The number of fused-ring (bicyclic) bond motifs is 2. The zero-order chi connectivity index (χ0) is 22.3. The van der Waals surface area contributed by atoms with E-state index in [0.29, 0.717) is 35.6 Å². The van der Waals surface area contributed by atoms with Crippen LogP contribution in [0.3, 0.4) is 0 Å². The van der Waals surface area contributed by atoms with Gasteiger partial charge in [-0.3, -0.25) is 24.9 Å². The molecule has 1 N–H and O–H groups in total. The summed E-state index contributed by atoms with van der Waals surface area (Å²) in [7, 11) is 1.55. The summed E-state index contributed by atoms with van der Waals surface area (Å²) in [5.74, 6) is 0.605. The second-order valence-corrected chi connectivity index (χ2v) is 7.16. The number of aromatic nitrogens is 2. The minimum Gasteiger partial charge on any atom is -0.497 e. The third-order valence-corrected chi connectivity index (χ3v) is 5.63. The maximum Gasteiger partial charge on any atom is 0.304 e. The summed E-state index contributed by atoms with van der Waals surface area (Å²) in [4.78, 5) is 24.4. The highest BCUT2D eigenvalue weighted by atomic mass is 16.6. The molecular weight excluding hydrogens is 404 g/mol. The fourth-order valence-electron chi connectivity index (χ4n) is 3.99. The third kappa shape index (κ3) is 3.32. The quantitative estimate of drug-likeness (QED) is 0.331. The van der Waals surface area contributed by atoms with Crippen molar-refractivity contribution in [1.82, 2.24) is 14.7 Å². The van der Waals surface area contributed by atoms with Crippen LogP contribution in [0.25, 0.3) is 22.2 Å². The molecule has 4 rings (SSSR count). The van der Waals surface area contributed by atoms with Gasteiger partial charge in [0.2, 0.25) is 0 Å². The second kappa shape index (κ2) is 7.84. The predicted molar refractivity (Wildman–Crippen MR) is 116 cm³/mol. The van der Waals surface area contributed by atoms with Gasteiger partial charge in [0.15, 0.2) is 5.52 Å². The van der Waals surface area contributed by atoms with Gasteiger partial charge < -0.3 is 15.0 Å². The number of nitrogens with zero attached hydrogens (tertiary/aromatic N) is 5. The lowest BCUT2D eigenvalue weighted by atomic mass is 9.98. The minimum absolute atomic E-state index is 0.126. The molecule has 0 radical (unpaired) electrons. The number of hydrogen-bond acceptors (Lipinski definition) is 8. The monoisotopic (exact) mass is 426 g/mol. The Kier molecular flexibility index (Phi) is 5.19. The number of anilines is 2. The van der Waals surface area contributed by atoms with Crippen LogP contribution >= 0.6 is 0 Å². The molecule has 11 nitrogen and oxygen atoms in total. The number of ether oxygens (including phenoxy) is 1. The van der Waals surface area contributed by atoms with E-state index in [2.05, 4.69) is 29.2 Å². The first-order valence-electron chi connectivity index (χ1n) is 9.93. The fourth-order valence-corrected chi connectivity index (χ4v) is 3.99. The first-order valence-corrected chi connectivity index (χ1v) is 9.93. The van der Waals surface area contributed by atoms with Crippen LogP contribution in [-0.2, 0) is 6.54 Å². The van der Waals surface area contributed by atoms with Crippen LogP contribution in [0.4, 0.5) is 22.7 Å². The maximum absolute atomic E-state index is 11.7. The number of benzene rings is 2. The smallest absolute Gasteiger partial charge is 0.304 e. The van der Waals surface area contributed by atoms with Crippen molar-refractivity contribution in [3.05, 3.63) is 44.5 Å². The summed E-state index contributed by atoms with van der Waals surface area (Å²) in [6.45, 7) is 7.00. The zero-order valence-electron chi connectivity index (χ0n) is 17.4.